The molecule has 0 amide bonds. The molecule has 1 aliphatic rings. The summed E-state index contributed by atoms with van der Waals surface area (Å²) in [5, 5.41) is 4.31. The van der Waals surface area contributed by atoms with E-state index in [0.717, 1.165) is 67.5 Å². The second kappa shape index (κ2) is 9.15. The monoisotopic (exact) mass is 476 g/mol. The fourth-order valence-electron chi connectivity index (χ4n) is 5.27. The van der Waals surface area contributed by atoms with Crippen molar-refractivity contribution in [2.75, 3.05) is 26.7 Å². The molecule has 8 nitrogen and oxygen atoms in total. The first-order valence-corrected chi connectivity index (χ1v) is 12.6. The molecule has 1 saturated heterocycles. The summed E-state index contributed by atoms with van der Waals surface area (Å²) < 4.78 is 9.31. The summed E-state index contributed by atoms with van der Waals surface area (Å²) in [5.74, 6) is 0.672. The minimum absolute atomic E-state index is 0.0221. The second-order valence-corrected chi connectivity index (χ2v) is 10.9. The Balaban J connectivity index is 1.53. The Morgan fingerprint density at radius 1 is 1.23 bits per heavy atom. The molecule has 4 heterocycles. The number of aromatic amines is 1. The molecular formula is C27H36N6O2. The van der Waals surface area contributed by atoms with Crippen molar-refractivity contribution in [3.8, 4) is 16.9 Å². The Morgan fingerprint density at radius 3 is 2.80 bits per heavy atom. The predicted octanol–water partition coefficient (Wildman–Crippen LogP) is 4.68. The molecule has 4 aromatic rings. The highest BCUT2D eigenvalue weighted by atomic mass is 16.5. The van der Waals surface area contributed by atoms with Crippen LogP contribution >= 0.6 is 0 Å². The van der Waals surface area contributed by atoms with Gasteiger partial charge in [-0.15, -0.1) is 0 Å². The second-order valence-electron chi connectivity index (χ2n) is 10.9. The highest BCUT2D eigenvalue weighted by Gasteiger charge is 2.26. The van der Waals surface area contributed by atoms with Gasteiger partial charge in [0, 0.05) is 18.3 Å². The minimum Gasteiger partial charge on any atom is -0.493 e. The fraction of sp³-hybridized carbons (Fsp3) is 0.519. The van der Waals surface area contributed by atoms with E-state index >= 15 is 0 Å². The lowest BCUT2D eigenvalue weighted by atomic mass is 9.91. The number of likely N-dealkylation sites (tertiary alicyclic amines) is 1. The van der Waals surface area contributed by atoms with Crippen LogP contribution in [0, 0.1) is 5.41 Å². The number of rotatable bonds is 6. The van der Waals surface area contributed by atoms with Crippen molar-refractivity contribution in [3.63, 3.8) is 0 Å². The molecule has 8 heteroatoms. The van der Waals surface area contributed by atoms with E-state index in [4.69, 9.17) is 4.74 Å². The van der Waals surface area contributed by atoms with Crippen molar-refractivity contribution in [1.82, 2.24) is 29.0 Å². The van der Waals surface area contributed by atoms with Gasteiger partial charge in [0.15, 0.2) is 11.4 Å². The number of methoxy groups -OCH3 is 1. The number of piperidine rings is 1. The van der Waals surface area contributed by atoms with Gasteiger partial charge in [-0.1, -0.05) is 27.7 Å². The number of ether oxygens (including phenoxy) is 1. The molecule has 1 unspecified atom stereocenters. The van der Waals surface area contributed by atoms with Crippen LogP contribution in [0.25, 0.3) is 27.8 Å². The molecule has 3 aromatic heterocycles. The van der Waals surface area contributed by atoms with E-state index in [1.54, 1.807) is 11.6 Å². The normalized spacial score (nSPS) is 17.5. The van der Waals surface area contributed by atoms with Gasteiger partial charge < -0.3 is 14.6 Å². The van der Waals surface area contributed by atoms with Crippen LogP contribution in [0.3, 0.4) is 0 Å². The van der Waals surface area contributed by atoms with E-state index in [9.17, 15) is 4.79 Å². The third-order valence-corrected chi connectivity index (χ3v) is 7.22. The molecule has 1 atom stereocenters. The number of aryl methyl sites for hydroxylation is 1. The third kappa shape index (κ3) is 4.59. The number of nitrogens with zero attached hydrogens (tertiary/aromatic N) is 5. The van der Waals surface area contributed by atoms with Gasteiger partial charge in [-0.2, -0.15) is 5.10 Å². The number of H-pyrrole nitrogens is 1. The SMILES string of the molecule is CCc1cc2c(cc1-c1cc(OC)c3ncnn3c1)[nH]c(=O)n2C1CCCN(CCC(C)(C)C)C1. The van der Waals surface area contributed by atoms with Crippen LogP contribution < -0.4 is 10.4 Å². The number of nitrogens with one attached hydrogen (secondary N) is 1. The van der Waals surface area contributed by atoms with Crippen LogP contribution in [-0.4, -0.2) is 55.8 Å². The number of hydrogen-bond acceptors (Lipinski definition) is 5. The molecule has 0 saturated carbocycles. The lowest BCUT2D eigenvalue weighted by Crippen LogP contribution is -2.40. The summed E-state index contributed by atoms with van der Waals surface area (Å²) >= 11 is 0. The summed E-state index contributed by atoms with van der Waals surface area (Å²) in [6.45, 7) is 12.1. The minimum atomic E-state index is -0.0221. The lowest BCUT2D eigenvalue weighted by molar-refractivity contribution is 0.157. The molecule has 186 valence electrons. The zero-order valence-corrected chi connectivity index (χ0v) is 21.5. The van der Waals surface area contributed by atoms with Gasteiger partial charge in [-0.05, 0) is 73.5 Å². The van der Waals surface area contributed by atoms with Gasteiger partial charge in [0.05, 0.1) is 24.2 Å². The van der Waals surface area contributed by atoms with Crippen LogP contribution in [-0.2, 0) is 6.42 Å². The van der Waals surface area contributed by atoms with E-state index in [2.05, 4.69) is 59.8 Å². The Hall–Kier alpha value is -3.13. The molecule has 1 N–H and O–H groups in total. The number of fused-ring (bicyclic) bond motifs is 2. The van der Waals surface area contributed by atoms with Crippen molar-refractivity contribution in [2.24, 2.45) is 5.41 Å². The van der Waals surface area contributed by atoms with Crippen LogP contribution in [0.4, 0.5) is 0 Å². The van der Waals surface area contributed by atoms with E-state index in [1.165, 1.54) is 11.9 Å². The van der Waals surface area contributed by atoms with E-state index in [-0.39, 0.29) is 11.7 Å². The summed E-state index contributed by atoms with van der Waals surface area (Å²) in [7, 11) is 1.64. The van der Waals surface area contributed by atoms with Crippen LogP contribution in [0.5, 0.6) is 5.75 Å². The Labute approximate surface area is 205 Å². The highest BCUT2D eigenvalue weighted by Crippen LogP contribution is 2.33. The molecule has 0 radical (unpaired) electrons. The quantitative estimate of drug-likeness (QED) is 0.437. The number of imidazole rings is 1. The highest BCUT2D eigenvalue weighted by molar-refractivity contribution is 5.85. The predicted molar refractivity (Wildman–Crippen MR) is 139 cm³/mol. The third-order valence-electron chi connectivity index (χ3n) is 7.22. The molecule has 35 heavy (non-hydrogen) atoms. The number of pyridine rings is 1. The van der Waals surface area contributed by atoms with Gasteiger partial charge >= 0.3 is 5.69 Å². The molecular weight excluding hydrogens is 440 g/mol. The van der Waals surface area contributed by atoms with Gasteiger partial charge in [0.25, 0.3) is 0 Å². The topological polar surface area (TPSA) is 80.5 Å². The van der Waals surface area contributed by atoms with Crippen LogP contribution in [0.2, 0.25) is 0 Å². The Morgan fingerprint density at radius 2 is 2.06 bits per heavy atom. The zero-order chi connectivity index (χ0) is 24.7. The smallest absolute Gasteiger partial charge is 0.326 e. The van der Waals surface area contributed by atoms with Gasteiger partial charge in [-0.25, -0.2) is 14.3 Å². The molecule has 0 aliphatic carbocycles. The summed E-state index contributed by atoms with van der Waals surface area (Å²) in [5.41, 5.74) is 6.08. The lowest BCUT2D eigenvalue weighted by Gasteiger charge is -2.35. The van der Waals surface area contributed by atoms with Crippen LogP contribution in [0.15, 0.2) is 35.5 Å². The van der Waals surface area contributed by atoms with Crippen LogP contribution in [0.1, 0.15) is 58.6 Å². The first-order valence-electron chi connectivity index (χ1n) is 12.6. The average Bonchev–Trinajstić information content (AvgIpc) is 3.44. The molecule has 0 spiro atoms. The van der Waals surface area contributed by atoms with Crippen molar-refractivity contribution in [2.45, 2.75) is 59.4 Å². The molecule has 1 aliphatic heterocycles. The van der Waals surface area contributed by atoms with E-state index in [1.807, 2.05) is 16.8 Å². The maximum atomic E-state index is 13.2. The fourth-order valence-corrected chi connectivity index (χ4v) is 5.27. The number of hydrogen-bond donors (Lipinski definition) is 1. The zero-order valence-electron chi connectivity index (χ0n) is 21.5. The van der Waals surface area contributed by atoms with E-state index < -0.39 is 0 Å². The van der Waals surface area contributed by atoms with Gasteiger partial charge in [0.2, 0.25) is 0 Å². The molecule has 1 aromatic carbocycles. The molecule has 0 bridgehead atoms. The summed E-state index contributed by atoms with van der Waals surface area (Å²) in [6.07, 6.45) is 7.65. The summed E-state index contributed by atoms with van der Waals surface area (Å²) in [4.78, 5) is 23.2. The summed E-state index contributed by atoms with van der Waals surface area (Å²) in [6, 6.07) is 6.47. The Bertz CT molecular complexity index is 1410. The maximum Gasteiger partial charge on any atom is 0.326 e. The Kier molecular flexibility index (Phi) is 6.17. The molecule has 5 rings (SSSR count). The average molecular weight is 477 g/mol. The standard InChI is InChI=1S/C27H36N6O2/c1-6-18-12-23-22(14-21(18)19-13-24(35-5)25-28-17-29-32(25)15-19)30-26(34)33(23)20-8-7-10-31(16-20)11-9-27(2,3)4/h12-15,17,20H,6-11,16H2,1-5H3,(H,30,34). The maximum absolute atomic E-state index is 13.2. The van der Waals surface area contributed by atoms with Crippen molar-refractivity contribution < 1.29 is 4.74 Å². The number of benzene rings is 1. The van der Waals surface area contributed by atoms with Gasteiger partial charge in [-0.3, -0.25) is 4.57 Å². The largest absolute Gasteiger partial charge is 0.493 e. The first-order chi connectivity index (χ1) is 16.8. The van der Waals surface area contributed by atoms with Crippen molar-refractivity contribution in [3.05, 3.63) is 46.8 Å². The van der Waals surface area contributed by atoms with Gasteiger partial charge in [0.1, 0.15) is 6.33 Å². The van der Waals surface area contributed by atoms with E-state index in [0.29, 0.717) is 16.8 Å². The molecule has 1 fully saturated rings. The first kappa shape index (κ1) is 23.6. The van der Waals surface area contributed by atoms with Crippen molar-refractivity contribution >= 4 is 16.7 Å². The number of aromatic nitrogens is 5. The van der Waals surface area contributed by atoms with Crippen molar-refractivity contribution in [1.29, 1.82) is 0 Å².